The van der Waals surface area contributed by atoms with Crippen molar-refractivity contribution in [2.45, 2.75) is 31.7 Å². The molecule has 2 aliphatic rings. The first-order valence-corrected chi connectivity index (χ1v) is 8.22. The molecule has 2 unspecified atom stereocenters. The molecule has 1 saturated heterocycles. The molecule has 0 spiro atoms. The van der Waals surface area contributed by atoms with Crippen LogP contribution in [0.15, 0.2) is 22.7 Å². The van der Waals surface area contributed by atoms with E-state index in [1.165, 1.54) is 60.9 Å². The van der Waals surface area contributed by atoms with E-state index in [0.717, 1.165) is 5.92 Å². The molecule has 104 valence electrons. The zero-order valence-corrected chi connectivity index (χ0v) is 13.2. The van der Waals surface area contributed by atoms with Gasteiger partial charge in [-0.2, -0.15) is 0 Å². The van der Waals surface area contributed by atoms with E-state index in [0.29, 0.717) is 6.04 Å². The van der Waals surface area contributed by atoms with E-state index in [9.17, 15) is 0 Å². The molecule has 1 aliphatic carbocycles. The lowest BCUT2D eigenvalue weighted by Gasteiger charge is -2.30. The first-order valence-electron chi connectivity index (χ1n) is 7.43. The van der Waals surface area contributed by atoms with Crippen molar-refractivity contribution in [3.63, 3.8) is 0 Å². The summed E-state index contributed by atoms with van der Waals surface area (Å²) in [5, 5.41) is 3.81. The number of rotatable bonds is 3. The molecular weight excluding hydrogens is 300 g/mol. The first kappa shape index (κ1) is 13.6. The molecule has 2 atom stereocenters. The highest BCUT2D eigenvalue weighted by molar-refractivity contribution is 9.10. The minimum atomic E-state index is 0.569. The van der Waals surface area contributed by atoms with E-state index in [1.54, 1.807) is 0 Å². The van der Waals surface area contributed by atoms with Crippen LogP contribution in [0.25, 0.3) is 0 Å². The molecule has 1 heterocycles. The number of nitrogens with one attached hydrogen (secondary N) is 1. The molecule has 0 radical (unpaired) electrons. The maximum atomic E-state index is 3.81. The summed E-state index contributed by atoms with van der Waals surface area (Å²) in [6, 6.07) is 7.19. The van der Waals surface area contributed by atoms with Crippen LogP contribution in [0.4, 0.5) is 0 Å². The predicted octanol–water partition coefficient (Wildman–Crippen LogP) is 3.37. The molecular formula is C16H23BrN2. The summed E-state index contributed by atoms with van der Waals surface area (Å²) < 4.78 is 1.28. The van der Waals surface area contributed by atoms with E-state index in [1.807, 2.05) is 0 Å². The Bertz CT molecular complexity index is 446. The Labute approximate surface area is 124 Å². The standard InChI is InChI=1S/C16H23BrN2/c1-19-9-3-4-12(11-19)10-18-16-8-7-13-14(16)5-2-6-15(13)17/h2,5-6,12,16,18H,3-4,7-11H2,1H3. The van der Waals surface area contributed by atoms with Crippen molar-refractivity contribution in [3.8, 4) is 0 Å². The second-order valence-corrected chi connectivity index (χ2v) is 6.93. The topological polar surface area (TPSA) is 15.3 Å². The van der Waals surface area contributed by atoms with E-state index in [4.69, 9.17) is 0 Å². The fraction of sp³-hybridized carbons (Fsp3) is 0.625. The van der Waals surface area contributed by atoms with Crippen molar-refractivity contribution in [1.82, 2.24) is 10.2 Å². The minimum Gasteiger partial charge on any atom is -0.310 e. The Kier molecular flexibility index (Phi) is 4.25. The molecule has 0 saturated carbocycles. The molecule has 2 nitrogen and oxygen atoms in total. The second-order valence-electron chi connectivity index (χ2n) is 6.08. The van der Waals surface area contributed by atoms with E-state index in [2.05, 4.69) is 51.4 Å². The van der Waals surface area contributed by atoms with E-state index >= 15 is 0 Å². The summed E-state index contributed by atoms with van der Waals surface area (Å²) in [6.45, 7) is 3.70. The Morgan fingerprint density at radius 1 is 1.37 bits per heavy atom. The third-order valence-electron chi connectivity index (χ3n) is 4.59. The number of nitrogens with zero attached hydrogens (tertiary/aromatic N) is 1. The van der Waals surface area contributed by atoms with Gasteiger partial charge < -0.3 is 10.2 Å². The van der Waals surface area contributed by atoms with Crippen LogP contribution < -0.4 is 5.32 Å². The summed E-state index contributed by atoms with van der Waals surface area (Å²) in [6.07, 6.45) is 5.20. The van der Waals surface area contributed by atoms with Gasteiger partial charge in [0, 0.05) is 17.1 Å². The van der Waals surface area contributed by atoms with Crippen LogP contribution in [0.3, 0.4) is 0 Å². The molecule has 19 heavy (non-hydrogen) atoms. The number of halogens is 1. The average Bonchev–Trinajstić information content (AvgIpc) is 2.81. The normalized spacial score (nSPS) is 27.5. The lowest BCUT2D eigenvalue weighted by Crippen LogP contribution is -2.38. The van der Waals surface area contributed by atoms with Crippen LogP contribution in [0, 0.1) is 5.92 Å². The van der Waals surface area contributed by atoms with Crippen molar-refractivity contribution >= 4 is 15.9 Å². The summed E-state index contributed by atoms with van der Waals surface area (Å²) >= 11 is 3.68. The van der Waals surface area contributed by atoms with Crippen molar-refractivity contribution in [2.24, 2.45) is 5.92 Å². The molecule has 1 N–H and O–H groups in total. The molecule has 3 rings (SSSR count). The molecule has 1 fully saturated rings. The van der Waals surface area contributed by atoms with Gasteiger partial charge in [-0.25, -0.2) is 0 Å². The van der Waals surface area contributed by atoms with Crippen molar-refractivity contribution in [1.29, 1.82) is 0 Å². The largest absolute Gasteiger partial charge is 0.310 e. The molecule has 1 aromatic carbocycles. The summed E-state index contributed by atoms with van der Waals surface area (Å²) in [5.74, 6) is 0.829. The number of hydrogen-bond donors (Lipinski definition) is 1. The van der Waals surface area contributed by atoms with Gasteiger partial charge in [-0.3, -0.25) is 0 Å². The highest BCUT2D eigenvalue weighted by atomic mass is 79.9. The summed E-state index contributed by atoms with van der Waals surface area (Å²) in [4.78, 5) is 2.47. The van der Waals surface area contributed by atoms with Gasteiger partial charge in [0.05, 0.1) is 0 Å². The minimum absolute atomic E-state index is 0.569. The van der Waals surface area contributed by atoms with Gasteiger partial charge in [0.1, 0.15) is 0 Å². The van der Waals surface area contributed by atoms with Gasteiger partial charge in [-0.05, 0) is 68.9 Å². The maximum absolute atomic E-state index is 3.81. The van der Waals surface area contributed by atoms with Crippen LogP contribution >= 0.6 is 15.9 Å². The lowest BCUT2D eigenvalue weighted by molar-refractivity contribution is 0.202. The Hall–Kier alpha value is -0.380. The van der Waals surface area contributed by atoms with Gasteiger partial charge in [0.15, 0.2) is 0 Å². The van der Waals surface area contributed by atoms with Crippen LogP contribution in [0.5, 0.6) is 0 Å². The Balaban J connectivity index is 1.59. The average molecular weight is 323 g/mol. The molecule has 0 aromatic heterocycles. The summed E-state index contributed by atoms with van der Waals surface area (Å²) in [5.41, 5.74) is 3.03. The second kappa shape index (κ2) is 5.94. The van der Waals surface area contributed by atoms with Gasteiger partial charge in [-0.15, -0.1) is 0 Å². The van der Waals surface area contributed by atoms with Gasteiger partial charge in [0.2, 0.25) is 0 Å². The van der Waals surface area contributed by atoms with E-state index < -0.39 is 0 Å². The summed E-state index contributed by atoms with van der Waals surface area (Å²) in [7, 11) is 2.24. The van der Waals surface area contributed by atoms with Gasteiger partial charge >= 0.3 is 0 Å². The van der Waals surface area contributed by atoms with Crippen molar-refractivity contribution in [3.05, 3.63) is 33.8 Å². The third-order valence-corrected chi connectivity index (χ3v) is 5.33. The fourth-order valence-electron chi connectivity index (χ4n) is 3.57. The lowest BCUT2D eigenvalue weighted by atomic mass is 9.98. The fourth-order valence-corrected chi connectivity index (χ4v) is 4.15. The van der Waals surface area contributed by atoms with Crippen LogP contribution in [0.2, 0.25) is 0 Å². The third kappa shape index (κ3) is 3.04. The zero-order chi connectivity index (χ0) is 13.2. The van der Waals surface area contributed by atoms with Gasteiger partial charge in [-0.1, -0.05) is 28.1 Å². The smallest absolute Gasteiger partial charge is 0.0326 e. The molecule has 1 aromatic rings. The molecule has 3 heteroatoms. The van der Waals surface area contributed by atoms with Gasteiger partial charge in [0.25, 0.3) is 0 Å². The number of piperidine rings is 1. The van der Waals surface area contributed by atoms with Crippen LogP contribution in [0.1, 0.15) is 36.4 Å². The van der Waals surface area contributed by atoms with E-state index in [-0.39, 0.29) is 0 Å². The maximum Gasteiger partial charge on any atom is 0.0326 e. The zero-order valence-electron chi connectivity index (χ0n) is 11.7. The number of fused-ring (bicyclic) bond motifs is 1. The quantitative estimate of drug-likeness (QED) is 0.917. The number of hydrogen-bond acceptors (Lipinski definition) is 2. The Morgan fingerprint density at radius 3 is 3.11 bits per heavy atom. The first-order chi connectivity index (χ1) is 9.24. The highest BCUT2D eigenvalue weighted by Crippen LogP contribution is 2.35. The van der Waals surface area contributed by atoms with Crippen LogP contribution in [-0.2, 0) is 6.42 Å². The Morgan fingerprint density at radius 2 is 2.26 bits per heavy atom. The number of benzene rings is 1. The SMILES string of the molecule is CN1CCCC(CNC2CCc3c(Br)cccc32)C1. The van der Waals surface area contributed by atoms with Crippen LogP contribution in [-0.4, -0.2) is 31.6 Å². The van der Waals surface area contributed by atoms with Crippen molar-refractivity contribution in [2.75, 3.05) is 26.7 Å². The van der Waals surface area contributed by atoms with Crippen molar-refractivity contribution < 1.29 is 0 Å². The number of likely N-dealkylation sites (tertiary alicyclic amines) is 1. The monoisotopic (exact) mass is 322 g/mol. The molecule has 0 amide bonds. The highest BCUT2D eigenvalue weighted by Gasteiger charge is 2.25. The molecule has 0 bridgehead atoms. The predicted molar refractivity (Wildman–Crippen MR) is 83.4 cm³/mol. The molecule has 1 aliphatic heterocycles.